The van der Waals surface area contributed by atoms with E-state index >= 15 is 0 Å². The Bertz CT molecular complexity index is 1310. The van der Waals surface area contributed by atoms with E-state index in [9.17, 15) is 9.59 Å². The molecule has 2 aliphatic rings. The van der Waals surface area contributed by atoms with E-state index in [0.29, 0.717) is 46.4 Å². The first-order valence-electron chi connectivity index (χ1n) is 12.6. The van der Waals surface area contributed by atoms with Crippen molar-refractivity contribution in [2.24, 2.45) is 0 Å². The minimum absolute atomic E-state index is 0.000814. The number of carbonyl (C=O) groups is 2. The Labute approximate surface area is 246 Å². The lowest BCUT2D eigenvalue weighted by Crippen LogP contribution is -2.45. The molecule has 3 aromatic rings. The summed E-state index contributed by atoms with van der Waals surface area (Å²) in [5.74, 6) is -0.363. The number of carbonyl (C=O) groups excluding carboxylic acids is 2. The second-order valence-corrected chi connectivity index (χ2v) is 11.6. The number of nitrogens with one attached hydrogen (secondary N) is 1. The quantitative estimate of drug-likeness (QED) is 0.316. The highest BCUT2D eigenvalue weighted by Crippen LogP contribution is 2.40. The van der Waals surface area contributed by atoms with E-state index < -0.39 is 12.1 Å². The second kappa shape index (κ2) is 11.9. The molecule has 3 aromatic carbocycles. The van der Waals surface area contributed by atoms with Crippen LogP contribution in [0.3, 0.4) is 0 Å². The molecule has 2 amide bonds. The fourth-order valence-corrected chi connectivity index (χ4v) is 5.86. The summed E-state index contributed by atoms with van der Waals surface area (Å²) in [6.07, 6.45) is 0.652. The maximum Gasteiger partial charge on any atom is 0.257 e. The molecule has 1 unspecified atom stereocenters. The van der Waals surface area contributed by atoms with Crippen LogP contribution in [0, 0.1) is 3.57 Å². The van der Waals surface area contributed by atoms with Crippen molar-refractivity contribution >= 4 is 63.3 Å². The molecular weight excluding hydrogens is 636 g/mol. The van der Waals surface area contributed by atoms with Crippen molar-refractivity contribution in [3.8, 4) is 0 Å². The summed E-state index contributed by atoms with van der Waals surface area (Å²) in [5.41, 5.74) is 2.72. The topological polar surface area (TPSA) is 61.9 Å². The van der Waals surface area contributed by atoms with E-state index in [1.807, 2.05) is 49.4 Å². The average molecular weight is 664 g/mol. The highest BCUT2D eigenvalue weighted by atomic mass is 127. The Balaban J connectivity index is 1.62. The van der Waals surface area contributed by atoms with Gasteiger partial charge in [0.05, 0.1) is 30.0 Å². The Hall–Kier alpha value is -2.17. The highest BCUT2D eigenvalue weighted by Gasteiger charge is 2.43. The lowest BCUT2D eigenvalue weighted by Gasteiger charge is -2.36. The number of ether oxygens (including phenoxy) is 1. The lowest BCUT2D eigenvalue weighted by molar-refractivity contribution is -0.123. The predicted octanol–water partition coefficient (Wildman–Crippen LogP) is 6.27. The van der Waals surface area contributed by atoms with Crippen LogP contribution in [0.4, 0.5) is 5.69 Å². The van der Waals surface area contributed by atoms with E-state index in [1.54, 1.807) is 34.1 Å². The molecule has 1 fully saturated rings. The number of fused-ring (bicyclic) bond motifs is 1. The van der Waals surface area contributed by atoms with Crippen LogP contribution in [-0.2, 0) is 9.53 Å². The van der Waals surface area contributed by atoms with Crippen molar-refractivity contribution in [3.05, 3.63) is 97.0 Å². The number of anilines is 1. The minimum Gasteiger partial charge on any atom is -0.376 e. The van der Waals surface area contributed by atoms with Crippen LogP contribution < -0.4 is 10.2 Å². The van der Waals surface area contributed by atoms with Crippen molar-refractivity contribution in [1.29, 1.82) is 0 Å². The van der Waals surface area contributed by atoms with E-state index in [1.165, 1.54) is 0 Å². The number of halogens is 3. The van der Waals surface area contributed by atoms with Gasteiger partial charge in [-0.05, 0) is 89.5 Å². The summed E-state index contributed by atoms with van der Waals surface area (Å²) in [7, 11) is 0. The second-order valence-electron chi connectivity index (χ2n) is 9.53. The number of rotatable bonds is 6. The summed E-state index contributed by atoms with van der Waals surface area (Å²) in [6, 6.07) is 19.0. The number of hydrogen-bond donors (Lipinski definition) is 1. The molecule has 0 saturated carbocycles. The molecule has 1 N–H and O–H groups in total. The van der Waals surface area contributed by atoms with Gasteiger partial charge in [-0.2, -0.15) is 0 Å². The smallest absolute Gasteiger partial charge is 0.257 e. The van der Waals surface area contributed by atoms with Gasteiger partial charge in [-0.15, -0.1) is 0 Å². The van der Waals surface area contributed by atoms with Crippen LogP contribution >= 0.6 is 45.8 Å². The first kappa shape index (κ1) is 27.4. The molecule has 5 rings (SSSR count). The van der Waals surface area contributed by atoms with Gasteiger partial charge in [-0.1, -0.05) is 47.5 Å². The molecular formula is C29H28Cl2IN3O3. The van der Waals surface area contributed by atoms with Gasteiger partial charge in [0.1, 0.15) is 6.04 Å². The van der Waals surface area contributed by atoms with Crippen molar-refractivity contribution in [1.82, 2.24) is 10.2 Å². The Morgan fingerprint density at radius 3 is 2.37 bits per heavy atom. The molecule has 2 aliphatic heterocycles. The maximum absolute atomic E-state index is 14.5. The van der Waals surface area contributed by atoms with Gasteiger partial charge in [0.25, 0.3) is 11.8 Å². The van der Waals surface area contributed by atoms with Gasteiger partial charge in [-0.3, -0.25) is 9.59 Å². The van der Waals surface area contributed by atoms with Crippen LogP contribution in [0.15, 0.2) is 66.7 Å². The van der Waals surface area contributed by atoms with Crippen LogP contribution in [-0.4, -0.2) is 49.1 Å². The summed E-state index contributed by atoms with van der Waals surface area (Å²) in [4.78, 5) is 32.3. The van der Waals surface area contributed by atoms with Crippen LogP contribution in [0.25, 0.3) is 0 Å². The lowest BCUT2D eigenvalue weighted by atomic mass is 9.98. The third-order valence-corrected chi connectivity index (χ3v) is 8.30. The van der Waals surface area contributed by atoms with E-state index in [-0.39, 0.29) is 17.9 Å². The van der Waals surface area contributed by atoms with Crippen molar-refractivity contribution in [2.45, 2.75) is 31.5 Å². The molecule has 0 bridgehead atoms. The maximum atomic E-state index is 14.5. The summed E-state index contributed by atoms with van der Waals surface area (Å²) >= 11 is 14.6. The first-order valence-corrected chi connectivity index (χ1v) is 14.4. The van der Waals surface area contributed by atoms with Gasteiger partial charge in [-0.25, -0.2) is 0 Å². The Morgan fingerprint density at radius 1 is 1.03 bits per heavy atom. The molecule has 0 spiro atoms. The van der Waals surface area contributed by atoms with Crippen LogP contribution in [0.5, 0.6) is 0 Å². The molecule has 0 aliphatic carbocycles. The third kappa shape index (κ3) is 5.72. The molecule has 1 saturated heterocycles. The standard InChI is InChI=1S/C29H28Cl2IN3O3/c1-18(19-2-6-21(30)7-3-19)35-27(20-4-8-22(31)9-5-20)29(37)34(14-12-24-17-33-13-15-38-24)26-11-10-23(32)16-25(26)28(35)36/h2-11,16,18,24,27,33H,12-15,17H2,1H3/t18-,24?,27+/m1/s1. The number of morpholine rings is 1. The largest absolute Gasteiger partial charge is 0.376 e. The number of hydrogen-bond acceptors (Lipinski definition) is 4. The van der Waals surface area contributed by atoms with Crippen molar-refractivity contribution < 1.29 is 14.3 Å². The molecule has 198 valence electrons. The van der Waals surface area contributed by atoms with Gasteiger partial charge in [0, 0.05) is 33.2 Å². The van der Waals surface area contributed by atoms with E-state index in [0.717, 1.165) is 22.2 Å². The zero-order valence-electron chi connectivity index (χ0n) is 20.9. The monoisotopic (exact) mass is 663 g/mol. The Morgan fingerprint density at radius 2 is 1.71 bits per heavy atom. The fourth-order valence-electron chi connectivity index (χ4n) is 5.12. The average Bonchev–Trinajstić information content (AvgIpc) is 3.01. The van der Waals surface area contributed by atoms with Gasteiger partial charge < -0.3 is 19.9 Å². The number of amides is 2. The SMILES string of the molecule is C[C@H](c1ccc(Cl)cc1)N1C(=O)c2cc(I)ccc2N(CCC2CNCCO2)C(=O)[C@@H]1c1ccc(Cl)cc1. The van der Waals surface area contributed by atoms with Crippen molar-refractivity contribution in [2.75, 3.05) is 31.1 Å². The van der Waals surface area contributed by atoms with Crippen LogP contribution in [0.1, 0.15) is 46.9 Å². The van der Waals surface area contributed by atoms with E-state index in [4.69, 9.17) is 27.9 Å². The van der Waals surface area contributed by atoms with Crippen LogP contribution in [0.2, 0.25) is 10.0 Å². The molecule has 2 heterocycles. The fraction of sp³-hybridized carbons (Fsp3) is 0.310. The number of benzene rings is 3. The first-order chi connectivity index (χ1) is 18.3. The van der Waals surface area contributed by atoms with Gasteiger partial charge in [0.2, 0.25) is 0 Å². The number of nitrogens with zero attached hydrogens (tertiary/aromatic N) is 2. The molecule has 0 aromatic heterocycles. The minimum atomic E-state index is -0.846. The molecule has 6 nitrogen and oxygen atoms in total. The molecule has 9 heteroatoms. The Kier molecular flexibility index (Phi) is 8.59. The summed E-state index contributed by atoms with van der Waals surface area (Å²) in [6.45, 7) is 4.58. The summed E-state index contributed by atoms with van der Waals surface area (Å²) < 4.78 is 6.83. The molecule has 3 atom stereocenters. The zero-order valence-corrected chi connectivity index (χ0v) is 24.5. The highest BCUT2D eigenvalue weighted by molar-refractivity contribution is 14.1. The van der Waals surface area contributed by atoms with Crippen molar-refractivity contribution in [3.63, 3.8) is 0 Å². The summed E-state index contributed by atoms with van der Waals surface area (Å²) in [5, 5.41) is 4.53. The zero-order chi connectivity index (χ0) is 26.8. The molecule has 38 heavy (non-hydrogen) atoms. The normalized spacial score (nSPS) is 20.7. The van der Waals surface area contributed by atoms with Gasteiger partial charge in [0.15, 0.2) is 0 Å². The predicted molar refractivity (Wildman–Crippen MR) is 159 cm³/mol. The van der Waals surface area contributed by atoms with Gasteiger partial charge >= 0.3 is 0 Å². The third-order valence-electron chi connectivity index (χ3n) is 7.13. The van der Waals surface area contributed by atoms with E-state index in [2.05, 4.69) is 27.9 Å². The molecule has 0 radical (unpaired) electrons.